The van der Waals surface area contributed by atoms with E-state index in [0.29, 0.717) is 12.1 Å². The zero-order chi connectivity index (χ0) is 13.5. The summed E-state index contributed by atoms with van der Waals surface area (Å²) in [6, 6.07) is 12.2. The van der Waals surface area contributed by atoms with Crippen LogP contribution in [0.4, 0.5) is 0 Å². The predicted octanol–water partition coefficient (Wildman–Crippen LogP) is 3.43. The summed E-state index contributed by atoms with van der Waals surface area (Å²) >= 11 is 0. The Morgan fingerprint density at radius 1 is 1.21 bits per heavy atom. The number of likely N-dealkylation sites (tertiary alicyclic amines) is 1. The molecule has 0 aromatic heterocycles. The zero-order valence-electron chi connectivity index (χ0n) is 12.4. The van der Waals surface area contributed by atoms with E-state index in [2.05, 4.69) is 54.4 Å². The summed E-state index contributed by atoms with van der Waals surface area (Å²) in [6.07, 6.45) is 5.14. The zero-order valence-corrected chi connectivity index (χ0v) is 12.4. The van der Waals surface area contributed by atoms with Crippen LogP contribution in [0.3, 0.4) is 0 Å². The van der Waals surface area contributed by atoms with E-state index in [1.165, 1.54) is 44.3 Å². The highest BCUT2D eigenvalue weighted by molar-refractivity contribution is 5.14. The molecular formula is C17H28N2. The van der Waals surface area contributed by atoms with Crippen LogP contribution in [-0.4, -0.2) is 30.1 Å². The lowest BCUT2D eigenvalue weighted by Crippen LogP contribution is -2.48. The first-order valence-electron chi connectivity index (χ1n) is 7.84. The minimum atomic E-state index is 0.683. The molecule has 106 valence electrons. The van der Waals surface area contributed by atoms with Crippen molar-refractivity contribution in [2.24, 2.45) is 0 Å². The number of piperidine rings is 1. The van der Waals surface area contributed by atoms with Gasteiger partial charge in [0.1, 0.15) is 0 Å². The number of rotatable bonds is 6. The highest BCUT2D eigenvalue weighted by Gasteiger charge is 2.21. The van der Waals surface area contributed by atoms with Crippen molar-refractivity contribution in [1.29, 1.82) is 0 Å². The summed E-state index contributed by atoms with van der Waals surface area (Å²) in [7, 11) is 0. The molecule has 2 nitrogen and oxygen atoms in total. The lowest BCUT2D eigenvalue weighted by atomic mass is 10.0. The number of nitrogens with zero attached hydrogens (tertiary/aromatic N) is 1. The molecule has 0 unspecified atom stereocenters. The van der Waals surface area contributed by atoms with Gasteiger partial charge >= 0.3 is 0 Å². The Morgan fingerprint density at radius 2 is 1.95 bits per heavy atom. The molecule has 1 saturated heterocycles. The van der Waals surface area contributed by atoms with E-state index < -0.39 is 0 Å². The SMILES string of the molecule is CCC(CC)N[C@@H]1CCCN(Cc2ccccc2)C1. The quantitative estimate of drug-likeness (QED) is 0.843. The maximum atomic E-state index is 3.83. The second kappa shape index (κ2) is 7.66. The molecular weight excluding hydrogens is 232 g/mol. The fourth-order valence-corrected chi connectivity index (χ4v) is 3.03. The van der Waals surface area contributed by atoms with Gasteiger partial charge < -0.3 is 5.32 Å². The molecule has 1 atom stereocenters. The number of nitrogens with one attached hydrogen (secondary N) is 1. The van der Waals surface area contributed by atoms with Crippen molar-refractivity contribution in [2.45, 2.75) is 58.2 Å². The Balaban J connectivity index is 1.83. The molecule has 1 aliphatic rings. The Labute approximate surface area is 118 Å². The molecule has 1 fully saturated rings. The summed E-state index contributed by atoms with van der Waals surface area (Å²) in [6.45, 7) is 8.11. The molecule has 0 spiro atoms. The van der Waals surface area contributed by atoms with Crippen molar-refractivity contribution in [3.63, 3.8) is 0 Å². The van der Waals surface area contributed by atoms with Crippen molar-refractivity contribution in [3.8, 4) is 0 Å². The summed E-state index contributed by atoms with van der Waals surface area (Å²) in [4.78, 5) is 2.60. The van der Waals surface area contributed by atoms with Gasteiger partial charge in [-0.05, 0) is 37.8 Å². The van der Waals surface area contributed by atoms with Gasteiger partial charge in [-0.3, -0.25) is 4.90 Å². The van der Waals surface area contributed by atoms with Gasteiger partial charge in [0.25, 0.3) is 0 Å². The molecule has 0 saturated carbocycles. The molecule has 1 aromatic carbocycles. The van der Waals surface area contributed by atoms with Gasteiger partial charge in [0.15, 0.2) is 0 Å². The van der Waals surface area contributed by atoms with Gasteiger partial charge in [-0.25, -0.2) is 0 Å². The first-order valence-corrected chi connectivity index (χ1v) is 7.84. The van der Waals surface area contributed by atoms with Crippen LogP contribution in [0.25, 0.3) is 0 Å². The Bertz CT molecular complexity index is 346. The molecule has 2 heteroatoms. The van der Waals surface area contributed by atoms with Crippen LogP contribution in [0.2, 0.25) is 0 Å². The fourth-order valence-electron chi connectivity index (χ4n) is 3.03. The second-order valence-corrected chi connectivity index (χ2v) is 5.74. The molecule has 0 amide bonds. The Hall–Kier alpha value is -0.860. The second-order valence-electron chi connectivity index (χ2n) is 5.74. The van der Waals surface area contributed by atoms with Crippen LogP contribution >= 0.6 is 0 Å². The lowest BCUT2D eigenvalue weighted by molar-refractivity contribution is 0.174. The maximum Gasteiger partial charge on any atom is 0.0234 e. The van der Waals surface area contributed by atoms with Crippen LogP contribution in [-0.2, 0) is 6.54 Å². The number of benzene rings is 1. The van der Waals surface area contributed by atoms with E-state index in [1.807, 2.05) is 0 Å². The lowest BCUT2D eigenvalue weighted by Gasteiger charge is -2.35. The number of hydrogen-bond donors (Lipinski definition) is 1. The van der Waals surface area contributed by atoms with Gasteiger partial charge in [-0.2, -0.15) is 0 Å². The van der Waals surface area contributed by atoms with Gasteiger partial charge in [-0.1, -0.05) is 44.2 Å². The van der Waals surface area contributed by atoms with Gasteiger partial charge in [-0.15, -0.1) is 0 Å². The third-order valence-electron chi connectivity index (χ3n) is 4.21. The fraction of sp³-hybridized carbons (Fsp3) is 0.647. The molecule has 19 heavy (non-hydrogen) atoms. The summed E-state index contributed by atoms with van der Waals surface area (Å²) in [5.74, 6) is 0. The molecule has 0 aliphatic carbocycles. The molecule has 1 heterocycles. The summed E-state index contributed by atoms with van der Waals surface area (Å²) < 4.78 is 0. The Kier molecular flexibility index (Phi) is 5.87. The van der Waals surface area contributed by atoms with Crippen molar-refractivity contribution in [3.05, 3.63) is 35.9 Å². The average Bonchev–Trinajstić information content (AvgIpc) is 2.46. The standard InChI is InChI=1S/C17H28N2/c1-3-16(4-2)18-17-11-8-12-19(14-17)13-15-9-6-5-7-10-15/h5-7,9-10,16-18H,3-4,8,11-14H2,1-2H3/t17-/m1/s1. The molecule has 1 N–H and O–H groups in total. The third-order valence-corrected chi connectivity index (χ3v) is 4.21. The molecule has 0 radical (unpaired) electrons. The highest BCUT2D eigenvalue weighted by atomic mass is 15.2. The largest absolute Gasteiger partial charge is 0.310 e. The first-order chi connectivity index (χ1) is 9.31. The van der Waals surface area contributed by atoms with E-state index in [0.717, 1.165) is 6.54 Å². The number of hydrogen-bond acceptors (Lipinski definition) is 2. The minimum absolute atomic E-state index is 0.683. The van der Waals surface area contributed by atoms with Crippen molar-refractivity contribution in [1.82, 2.24) is 10.2 Å². The van der Waals surface area contributed by atoms with Gasteiger partial charge in [0, 0.05) is 25.2 Å². The van der Waals surface area contributed by atoms with E-state index in [-0.39, 0.29) is 0 Å². The monoisotopic (exact) mass is 260 g/mol. The molecule has 2 rings (SSSR count). The van der Waals surface area contributed by atoms with Crippen molar-refractivity contribution < 1.29 is 0 Å². The smallest absolute Gasteiger partial charge is 0.0234 e. The average molecular weight is 260 g/mol. The Morgan fingerprint density at radius 3 is 2.63 bits per heavy atom. The summed E-state index contributed by atoms with van der Waals surface area (Å²) in [5.41, 5.74) is 1.44. The van der Waals surface area contributed by atoms with Crippen LogP contribution < -0.4 is 5.32 Å². The normalized spacial score (nSPS) is 20.9. The van der Waals surface area contributed by atoms with Crippen LogP contribution in [0, 0.1) is 0 Å². The van der Waals surface area contributed by atoms with E-state index in [9.17, 15) is 0 Å². The molecule has 0 bridgehead atoms. The minimum Gasteiger partial charge on any atom is -0.310 e. The summed E-state index contributed by atoms with van der Waals surface area (Å²) in [5, 5.41) is 3.83. The van der Waals surface area contributed by atoms with Crippen LogP contribution in [0.1, 0.15) is 45.1 Å². The van der Waals surface area contributed by atoms with Gasteiger partial charge in [0.05, 0.1) is 0 Å². The van der Waals surface area contributed by atoms with Gasteiger partial charge in [0.2, 0.25) is 0 Å². The maximum absolute atomic E-state index is 3.83. The van der Waals surface area contributed by atoms with E-state index >= 15 is 0 Å². The molecule has 1 aliphatic heterocycles. The van der Waals surface area contributed by atoms with Crippen molar-refractivity contribution in [2.75, 3.05) is 13.1 Å². The van der Waals surface area contributed by atoms with E-state index in [4.69, 9.17) is 0 Å². The van der Waals surface area contributed by atoms with Crippen LogP contribution in [0.5, 0.6) is 0 Å². The predicted molar refractivity (Wildman–Crippen MR) is 82.2 cm³/mol. The van der Waals surface area contributed by atoms with Crippen LogP contribution in [0.15, 0.2) is 30.3 Å². The van der Waals surface area contributed by atoms with E-state index in [1.54, 1.807) is 0 Å². The molecule has 1 aromatic rings. The van der Waals surface area contributed by atoms with Crippen molar-refractivity contribution >= 4 is 0 Å². The topological polar surface area (TPSA) is 15.3 Å². The highest BCUT2D eigenvalue weighted by Crippen LogP contribution is 2.15. The third kappa shape index (κ3) is 4.63. The first kappa shape index (κ1) is 14.5.